The first-order chi connectivity index (χ1) is 12.1. The van der Waals surface area contributed by atoms with Crippen LogP contribution in [0.2, 0.25) is 0 Å². The van der Waals surface area contributed by atoms with Crippen molar-refractivity contribution in [3.63, 3.8) is 0 Å². The number of rotatable bonds is 7. The number of ether oxygens (including phenoxy) is 1. The van der Waals surface area contributed by atoms with E-state index in [4.69, 9.17) is 9.15 Å². The highest BCUT2D eigenvalue weighted by molar-refractivity contribution is 5.81. The molecule has 1 N–H and O–H groups in total. The quantitative estimate of drug-likeness (QED) is 0.838. The van der Waals surface area contributed by atoms with Crippen LogP contribution in [0, 0.1) is 0 Å². The SMILES string of the molecule is CC(OCc1ccccc1)C(=O)N1CCCC1CC(O)c1ccco1. The Morgan fingerprint density at radius 3 is 2.84 bits per heavy atom. The molecule has 1 aromatic heterocycles. The van der Waals surface area contributed by atoms with Crippen molar-refractivity contribution in [3.8, 4) is 0 Å². The van der Waals surface area contributed by atoms with Crippen LogP contribution >= 0.6 is 0 Å². The third-order valence-electron chi connectivity index (χ3n) is 4.72. The first-order valence-corrected chi connectivity index (χ1v) is 8.82. The van der Waals surface area contributed by atoms with E-state index >= 15 is 0 Å². The van der Waals surface area contributed by atoms with Crippen molar-refractivity contribution in [2.24, 2.45) is 0 Å². The molecule has 3 atom stereocenters. The van der Waals surface area contributed by atoms with Gasteiger partial charge in [-0.25, -0.2) is 0 Å². The summed E-state index contributed by atoms with van der Waals surface area (Å²) < 4.78 is 11.0. The van der Waals surface area contributed by atoms with Crippen LogP contribution in [0.3, 0.4) is 0 Å². The second kappa shape index (κ2) is 8.32. The average Bonchev–Trinajstić information content (AvgIpc) is 3.31. The van der Waals surface area contributed by atoms with Crippen LogP contribution in [-0.2, 0) is 16.1 Å². The summed E-state index contributed by atoms with van der Waals surface area (Å²) in [6.07, 6.45) is 2.71. The van der Waals surface area contributed by atoms with Crippen molar-refractivity contribution in [2.75, 3.05) is 6.54 Å². The molecule has 5 nitrogen and oxygen atoms in total. The van der Waals surface area contributed by atoms with Gasteiger partial charge >= 0.3 is 0 Å². The van der Waals surface area contributed by atoms with E-state index in [1.54, 1.807) is 25.3 Å². The molecular weight excluding hydrogens is 318 g/mol. The van der Waals surface area contributed by atoms with E-state index in [9.17, 15) is 9.90 Å². The number of aliphatic hydroxyl groups excluding tert-OH is 1. The molecule has 1 aliphatic rings. The maximum absolute atomic E-state index is 12.7. The monoisotopic (exact) mass is 343 g/mol. The first kappa shape index (κ1) is 17.7. The molecule has 0 bridgehead atoms. The molecule has 1 aromatic carbocycles. The highest BCUT2D eigenvalue weighted by Gasteiger charge is 2.33. The van der Waals surface area contributed by atoms with Gasteiger partial charge in [0, 0.05) is 19.0 Å². The molecule has 0 saturated carbocycles. The lowest BCUT2D eigenvalue weighted by atomic mass is 10.0. The molecule has 25 heavy (non-hydrogen) atoms. The normalized spacial score (nSPS) is 19.8. The van der Waals surface area contributed by atoms with Crippen molar-refractivity contribution in [1.82, 2.24) is 4.90 Å². The van der Waals surface area contributed by atoms with Gasteiger partial charge in [-0.3, -0.25) is 4.79 Å². The summed E-state index contributed by atoms with van der Waals surface area (Å²) in [5.41, 5.74) is 1.05. The number of furan rings is 1. The predicted octanol–water partition coefficient (Wildman–Crippen LogP) is 3.30. The van der Waals surface area contributed by atoms with E-state index < -0.39 is 12.2 Å². The fourth-order valence-corrected chi connectivity index (χ4v) is 3.33. The Hall–Kier alpha value is -2.11. The molecule has 134 valence electrons. The standard InChI is InChI=1S/C20H25NO4/c1-15(25-14-16-7-3-2-4-8-16)20(23)21-11-5-9-17(21)13-18(22)19-10-6-12-24-19/h2-4,6-8,10,12,15,17-18,22H,5,9,11,13-14H2,1H3. The smallest absolute Gasteiger partial charge is 0.251 e. The minimum atomic E-state index is -0.686. The van der Waals surface area contributed by atoms with Gasteiger partial charge in [-0.2, -0.15) is 0 Å². The van der Waals surface area contributed by atoms with Gasteiger partial charge in [-0.1, -0.05) is 30.3 Å². The Labute approximate surface area is 148 Å². The van der Waals surface area contributed by atoms with E-state index in [-0.39, 0.29) is 11.9 Å². The van der Waals surface area contributed by atoms with Crippen LogP contribution < -0.4 is 0 Å². The summed E-state index contributed by atoms with van der Waals surface area (Å²) in [5.74, 6) is 0.540. The Morgan fingerprint density at radius 2 is 2.12 bits per heavy atom. The summed E-state index contributed by atoms with van der Waals surface area (Å²) >= 11 is 0. The number of hydrogen-bond acceptors (Lipinski definition) is 4. The molecular formula is C20H25NO4. The Kier molecular flexibility index (Phi) is 5.89. The molecule has 1 aliphatic heterocycles. The third kappa shape index (κ3) is 4.50. The Balaban J connectivity index is 1.54. The van der Waals surface area contributed by atoms with Crippen LogP contribution in [0.1, 0.15) is 43.6 Å². The minimum absolute atomic E-state index is 0.00919. The van der Waals surface area contributed by atoms with Crippen LogP contribution in [0.4, 0.5) is 0 Å². The zero-order chi connectivity index (χ0) is 17.6. The molecule has 0 radical (unpaired) electrons. The zero-order valence-corrected chi connectivity index (χ0v) is 14.5. The predicted molar refractivity (Wildman–Crippen MR) is 93.7 cm³/mol. The fraction of sp³-hybridized carbons (Fsp3) is 0.450. The Morgan fingerprint density at radius 1 is 1.32 bits per heavy atom. The lowest BCUT2D eigenvalue weighted by Crippen LogP contribution is -2.42. The van der Waals surface area contributed by atoms with Gasteiger partial charge in [-0.15, -0.1) is 0 Å². The maximum atomic E-state index is 12.7. The lowest BCUT2D eigenvalue weighted by Gasteiger charge is -2.28. The van der Waals surface area contributed by atoms with Gasteiger partial charge in [0.2, 0.25) is 0 Å². The lowest BCUT2D eigenvalue weighted by molar-refractivity contribution is -0.144. The van der Waals surface area contributed by atoms with Crippen LogP contribution in [0.15, 0.2) is 53.1 Å². The number of nitrogens with zero attached hydrogens (tertiary/aromatic N) is 1. The summed E-state index contributed by atoms with van der Waals surface area (Å²) in [6, 6.07) is 13.4. The van der Waals surface area contributed by atoms with Crippen LogP contribution in [0.25, 0.3) is 0 Å². The number of likely N-dealkylation sites (tertiary alicyclic amines) is 1. The van der Waals surface area contributed by atoms with E-state index in [1.807, 2.05) is 35.2 Å². The van der Waals surface area contributed by atoms with Gasteiger partial charge in [0.1, 0.15) is 18.0 Å². The van der Waals surface area contributed by atoms with Crippen molar-refractivity contribution in [2.45, 2.75) is 51.0 Å². The number of aliphatic hydroxyl groups is 1. The summed E-state index contributed by atoms with van der Waals surface area (Å²) in [6.45, 7) is 2.93. The number of benzene rings is 1. The highest BCUT2D eigenvalue weighted by Crippen LogP contribution is 2.28. The van der Waals surface area contributed by atoms with Crippen LogP contribution in [0.5, 0.6) is 0 Å². The van der Waals surface area contributed by atoms with Crippen molar-refractivity contribution in [3.05, 3.63) is 60.1 Å². The Bertz CT molecular complexity index is 656. The second-order valence-corrected chi connectivity index (χ2v) is 6.53. The van der Waals surface area contributed by atoms with Crippen molar-refractivity contribution >= 4 is 5.91 Å². The van der Waals surface area contributed by atoms with Crippen LogP contribution in [-0.4, -0.2) is 34.6 Å². The molecule has 0 spiro atoms. The summed E-state index contributed by atoms with van der Waals surface area (Å²) in [5, 5.41) is 10.3. The molecule has 2 heterocycles. The first-order valence-electron chi connectivity index (χ1n) is 8.82. The second-order valence-electron chi connectivity index (χ2n) is 6.53. The number of amides is 1. The van der Waals surface area contributed by atoms with E-state index in [1.165, 1.54) is 0 Å². The summed E-state index contributed by atoms with van der Waals surface area (Å²) in [4.78, 5) is 14.6. The van der Waals surface area contributed by atoms with E-state index in [2.05, 4.69) is 0 Å². The summed E-state index contributed by atoms with van der Waals surface area (Å²) in [7, 11) is 0. The molecule has 1 fully saturated rings. The molecule has 1 amide bonds. The zero-order valence-electron chi connectivity index (χ0n) is 14.5. The minimum Gasteiger partial charge on any atom is -0.467 e. The van der Waals surface area contributed by atoms with Crippen molar-refractivity contribution in [1.29, 1.82) is 0 Å². The number of hydrogen-bond donors (Lipinski definition) is 1. The molecule has 3 rings (SSSR count). The largest absolute Gasteiger partial charge is 0.467 e. The molecule has 5 heteroatoms. The molecule has 2 aromatic rings. The fourth-order valence-electron chi connectivity index (χ4n) is 3.33. The maximum Gasteiger partial charge on any atom is 0.251 e. The topological polar surface area (TPSA) is 62.9 Å². The van der Waals surface area contributed by atoms with Gasteiger partial charge in [0.15, 0.2) is 0 Å². The number of carbonyl (C=O) groups is 1. The molecule has 0 aliphatic carbocycles. The molecule has 1 saturated heterocycles. The van der Waals surface area contributed by atoms with E-state index in [0.717, 1.165) is 18.4 Å². The van der Waals surface area contributed by atoms with Gasteiger partial charge in [-0.05, 0) is 37.5 Å². The highest BCUT2D eigenvalue weighted by atomic mass is 16.5. The third-order valence-corrected chi connectivity index (χ3v) is 4.72. The average molecular weight is 343 g/mol. The molecule has 3 unspecified atom stereocenters. The van der Waals surface area contributed by atoms with E-state index in [0.29, 0.717) is 25.3 Å². The van der Waals surface area contributed by atoms with Gasteiger partial charge in [0.25, 0.3) is 5.91 Å². The van der Waals surface area contributed by atoms with Gasteiger partial charge < -0.3 is 19.2 Å². The van der Waals surface area contributed by atoms with Crippen molar-refractivity contribution < 1.29 is 19.1 Å². The number of carbonyl (C=O) groups excluding carboxylic acids is 1. The van der Waals surface area contributed by atoms with Gasteiger partial charge in [0.05, 0.1) is 12.9 Å².